The maximum Gasteiger partial charge on any atom is 0.310 e. The van der Waals surface area contributed by atoms with Crippen LogP contribution in [0.15, 0.2) is 11.6 Å². The number of allylic oxidation sites excluding steroid dienone is 2. The Kier molecular flexibility index (Phi) is 6.29. The molecule has 3 N–H and O–H groups in total. The quantitative estimate of drug-likeness (QED) is 0.370. The standard InChI is InChI=1S/C30H46O6/c1-17-10-13-30(25(35)36)15-14-28(6)19(23(30)18(17)2)8-9-21-27(5,16-22(31)32)20(11-12-29(21,28)7)26(3,4)24(33)34/h8,17-18,20-21,23H,9-16H2,1-7H3,(H,31,32)(H,33,34)(H,35,36)/t17-,18+,20?,21?,23?,27+,28-,29-,30+/m1/s1. The van der Waals surface area contributed by atoms with Gasteiger partial charge in [0.15, 0.2) is 0 Å². The summed E-state index contributed by atoms with van der Waals surface area (Å²) in [6.45, 7) is 14.6. The van der Waals surface area contributed by atoms with Crippen molar-refractivity contribution in [1.29, 1.82) is 0 Å². The largest absolute Gasteiger partial charge is 0.481 e. The Hall–Kier alpha value is -1.85. The summed E-state index contributed by atoms with van der Waals surface area (Å²) < 4.78 is 0. The van der Waals surface area contributed by atoms with Crippen LogP contribution < -0.4 is 0 Å². The van der Waals surface area contributed by atoms with E-state index < -0.39 is 34.2 Å². The zero-order chi connectivity index (χ0) is 27.1. The smallest absolute Gasteiger partial charge is 0.310 e. The Morgan fingerprint density at radius 1 is 0.972 bits per heavy atom. The van der Waals surface area contributed by atoms with E-state index in [1.165, 1.54) is 5.57 Å². The fraction of sp³-hybridized carbons (Fsp3) is 0.833. The highest BCUT2D eigenvalue weighted by atomic mass is 16.4. The average Bonchev–Trinajstić information content (AvgIpc) is 2.75. The number of carbonyl (C=O) groups is 3. The van der Waals surface area contributed by atoms with Crippen molar-refractivity contribution in [2.45, 2.75) is 99.8 Å². The van der Waals surface area contributed by atoms with Gasteiger partial charge in [-0.2, -0.15) is 0 Å². The minimum absolute atomic E-state index is 0.00538. The molecule has 4 rings (SSSR count). The lowest BCUT2D eigenvalue weighted by Crippen LogP contribution is -2.64. The summed E-state index contributed by atoms with van der Waals surface area (Å²) in [5.74, 6) is -1.94. The average molecular weight is 503 g/mol. The van der Waals surface area contributed by atoms with Gasteiger partial charge in [0.05, 0.1) is 17.3 Å². The van der Waals surface area contributed by atoms with Crippen LogP contribution >= 0.6 is 0 Å². The van der Waals surface area contributed by atoms with E-state index in [4.69, 9.17) is 0 Å². The number of hydrogen-bond acceptors (Lipinski definition) is 3. The molecule has 36 heavy (non-hydrogen) atoms. The van der Waals surface area contributed by atoms with E-state index in [1.807, 2.05) is 6.92 Å². The van der Waals surface area contributed by atoms with E-state index in [1.54, 1.807) is 13.8 Å². The zero-order valence-corrected chi connectivity index (χ0v) is 23.2. The summed E-state index contributed by atoms with van der Waals surface area (Å²) in [4.78, 5) is 37.3. The third kappa shape index (κ3) is 3.37. The molecular formula is C30H46O6. The van der Waals surface area contributed by atoms with Crippen LogP contribution in [0.5, 0.6) is 0 Å². The highest BCUT2D eigenvalue weighted by Gasteiger charge is 2.69. The van der Waals surface area contributed by atoms with Gasteiger partial charge < -0.3 is 15.3 Å². The maximum absolute atomic E-state index is 12.8. The van der Waals surface area contributed by atoms with Gasteiger partial charge in [-0.1, -0.05) is 46.3 Å². The molecule has 4 aliphatic rings. The lowest BCUT2D eigenvalue weighted by atomic mass is 9.34. The first-order valence-electron chi connectivity index (χ1n) is 13.9. The van der Waals surface area contributed by atoms with Gasteiger partial charge in [-0.25, -0.2) is 0 Å². The molecule has 9 atom stereocenters. The van der Waals surface area contributed by atoms with Gasteiger partial charge >= 0.3 is 17.9 Å². The van der Waals surface area contributed by atoms with Crippen molar-refractivity contribution < 1.29 is 29.7 Å². The molecule has 4 aliphatic carbocycles. The second-order valence-corrected chi connectivity index (χ2v) is 14.2. The van der Waals surface area contributed by atoms with Gasteiger partial charge in [-0.3, -0.25) is 14.4 Å². The Labute approximate surface area is 215 Å². The normalized spacial score (nSPS) is 46.5. The predicted molar refractivity (Wildman–Crippen MR) is 137 cm³/mol. The maximum atomic E-state index is 12.8. The monoisotopic (exact) mass is 502 g/mol. The highest BCUT2D eigenvalue weighted by Crippen LogP contribution is 2.74. The van der Waals surface area contributed by atoms with Crippen molar-refractivity contribution in [3.8, 4) is 0 Å². The van der Waals surface area contributed by atoms with E-state index in [0.717, 1.165) is 25.7 Å². The Bertz CT molecular complexity index is 997. The van der Waals surface area contributed by atoms with E-state index in [0.29, 0.717) is 25.2 Å². The van der Waals surface area contributed by atoms with Crippen molar-refractivity contribution in [2.75, 3.05) is 0 Å². The topological polar surface area (TPSA) is 112 Å². The summed E-state index contributed by atoms with van der Waals surface area (Å²) >= 11 is 0. The number of carboxylic acids is 3. The number of aliphatic carboxylic acids is 3. The van der Waals surface area contributed by atoms with Crippen molar-refractivity contribution in [2.24, 2.45) is 56.7 Å². The molecule has 0 aliphatic heterocycles. The van der Waals surface area contributed by atoms with Gasteiger partial charge in [-0.05, 0) is 105 Å². The predicted octanol–water partition coefficient (Wildman–Crippen LogP) is 6.49. The molecule has 0 aromatic carbocycles. The van der Waals surface area contributed by atoms with Crippen LogP contribution in [0.3, 0.4) is 0 Å². The van der Waals surface area contributed by atoms with Crippen LogP contribution in [-0.4, -0.2) is 33.2 Å². The third-order valence-electron chi connectivity index (χ3n) is 12.6. The summed E-state index contributed by atoms with van der Waals surface area (Å²) in [5, 5.41) is 30.6. The molecule has 0 aromatic heterocycles. The van der Waals surface area contributed by atoms with Crippen LogP contribution in [0.1, 0.15) is 99.8 Å². The van der Waals surface area contributed by atoms with Gasteiger partial charge in [0.1, 0.15) is 0 Å². The molecule has 0 aromatic rings. The van der Waals surface area contributed by atoms with Gasteiger partial charge in [-0.15, -0.1) is 0 Å². The van der Waals surface area contributed by atoms with Crippen LogP contribution in [0.25, 0.3) is 0 Å². The molecule has 0 radical (unpaired) electrons. The molecular weight excluding hydrogens is 456 g/mol. The lowest BCUT2D eigenvalue weighted by Gasteiger charge is -2.69. The molecule has 6 heteroatoms. The van der Waals surface area contributed by atoms with Gasteiger partial charge in [0, 0.05) is 0 Å². The second-order valence-electron chi connectivity index (χ2n) is 14.2. The molecule has 0 heterocycles. The van der Waals surface area contributed by atoms with Crippen LogP contribution in [0.4, 0.5) is 0 Å². The van der Waals surface area contributed by atoms with Gasteiger partial charge in [0.25, 0.3) is 0 Å². The summed E-state index contributed by atoms with van der Waals surface area (Å²) in [6.07, 6.45) is 7.52. The molecule has 0 saturated heterocycles. The molecule has 0 bridgehead atoms. The Balaban J connectivity index is 1.87. The lowest BCUT2D eigenvalue weighted by molar-refractivity contribution is -0.192. The van der Waals surface area contributed by atoms with Crippen LogP contribution in [0, 0.1) is 56.7 Å². The van der Waals surface area contributed by atoms with Crippen LogP contribution in [-0.2, 0) is 14.4 Å². The summed E-state index contributed by atoms with van der Waals surface area (Å²) in [7, 11) is 0. The van der Waals surface area contributed by atoms with E-state index in [-0.39, 0.29) is 40.9 Å². The van der Waals surface area contributed by atoms with Gasteiger partial charge in [0.2, 0.25) is 0 Å². The van der Waals surface area contributed by atoms with Crippen LogP contribution in [0.2, 0.25) is 0 Å². The summed E-state index contributed by atoms with van der Waals surface area (Å²) in [5.41, 5.74) is -1.59. The second kappa shape index (κ2) is 8.33. The first-order valence-corrected chi connectivity index (χ1v) is 13.9. The molecule has 0 spiro atoms. The Morgan fingerprint density at radius 2 is 1.61 bits per heavy atom. The highest BCUT2D eigenvalue weighted by molar-refractivity contribution is 5.77. The first kappa shape index (κ1) is 27.2. The molecule has 6 nitrogen and oxygen atoms in total. The van der Waals surface area contributed by atoms with Crippen molar-refractivity contribution in [3.63, 3.8) is 0 Å². The third-order valence-corrected chi connectivity index (χ3v) is 12.6. The van der Waals surface area contributed by atoms with Crippen molar-refractivity contribution in [1.82, 2.24) is 0 Å². The fourth-order valence-electron chi connectivity index (χ4n) is 10.1. The van der Waals surface area contributed by atoms with E-state index in [9.17, 15) is 29.7 Å². The number of carboxylic acid groups (broad SMARTS) is 3. The van der Waals surface area contributed by atoms with Crippen molar-refractivity contribution in [3.05, 3.63) is 11.6 Å². The molecule has 0 amide bonds. The fourth-order valence-corrected chi connectivity index (χ4v) is 10.1. The number of fused-ring (bicyclic) bond motifs is 5. The Morgan fingerprint density at radius 3 is 2.17 bits per heavy atom. The van der Waals surface area contributed by atoms with E-state index in [2.05, 4.69) is 33.8 Å². The van der Waals surface area contributed by atoms with Crippen molar-refractivity contribution >= 4 is 17.9 Å². The molecule has 3 fully saturated rings. The van der Waals surface area contributed by atoms with E-state index >= 15 is 0 Å². The molecule has 3 saturated carbocycles. The molecule has 3 unspecified atom stereocenters. The first-order chi connectivity index (χ1) is 16.5. The zero-order valence-electron chi connectivity index (χ0n) is 23.2. The SMILES string of the molecule is C[C@@H]1CC[C@]2(C(=O)O)CC[C@]3(C)C(=CCC4[C@@](C)(CC(=O)O)C(C(C)(C)C(=O)O)CC[C@]43C)C2[C@H]1C. The summed E-state index contributed by atoms with van der Waals surface area (Å²) in [6, 6.07) is 0. The number of hydrogen-bond donors (Lipinski definition) is 3. The number of rotatable bonds is 5. The minimum Gasteiger partial charge on any atom is -0.481 e. The molecule has 202 valence electrons. The minimum atomic E-state index is -1.03.